The zero-order valence-corrected chi connectivity index (χ0v) is 18.4. The largest absolute Gasteiger partial charge is 0.283 e. The van der Waals surface area contributed by atoms with Gasteiger partial charge >= 0.3 is 0 Å². The standard InChI is InChI=1S/C21H21F2N3O3S2/c1-31(28,29)25-9-5-8-15(13-25)20(27)26(12-14-6-3-2-4-7-14)21-24-19-17(23)10-16(22)11-18(19)30-21/h2-4,6-7,10-11,15H,5,8-9,12-13H2,1H3. The molecule has 0 saturated carbocycles. The topological polar surface area (TPSA) is 70.6 Å². The molecule has 1 fully saturated rings. The third-order valence-electron chi connectivity index (χ3n) is 5.28. The second kappa shape index (κ2) is 8.60. The van der Waals surface area contributed by atoms with E-state index in [-0.39, 0.29) is 29.6 Å². The van der Waals surface area contributed by atoms with E-state index in [4.69, 9.17) is 0 Å². The Kier molecular flexibility index (Phi) is 6.05. The van der Waals surface area contributed by atoms with Crippen LogP contribution < -0.4 is 4.90 Å². The van der Waals surface area contributed by atoms with Crippen LogP contribution in [-0.4, -0.2) is 43.0 Å². The number of rotatable bonds is 5. The van der Waals surface area contributed by atoms with Crippen molar-refractivity contribution in [3.05, 3.63) is 59.7 Å². The zero-order valence-electron chi connectivity index (χ0n) is 16.8. The summed E-state index contributed by atoms with van der Waals surface area (Å²) < 4.78 is 53.5. The van der Waals surface area contributed by atoms with Gasteiger partial charge in [0.15, 0.2) is 10.9 Å². The molecule has 2 heterocycles. The van der Waals surface area contributed by atoms with Crippen molar-refractivity contribution in [3.8, 4) is 0 Å². The number of hydrogen-bond acceptors (Lipinski definition) is 5. The van der Waals surface area contributed by atoms with Crippen LogP contribution in [0.4, 0.5) is 13.9 Å². The average Bonchev–Trinajstić information content (AvgIpc) is 3.16. The first kappa shape index (κ1) is 21.8. The lowest BCUT2D eigenvalue weighted by molar-refractivity contribution is -0.123. The SMILES string of the molecule is CS(=O)(=O)N1CCCC(C(=O)N(Cc2ccccc2)c2nc3c(F)cc(F)cc3s2)C1. The van der Waals surface area contributed by atoms with E-state index in [1.54, 1.807) is 0 Å². The lowest BCUT2D eigenvalue weighted by Crippen LogP contribution is -2.46. The van der Waals surface area contributed by atoms with Gasteiger partial charge in [-0.15, -0.1) is 0 Å². The van der Waals surface area contributed by atoms with Crippen LogP contribution in [0.15, 0.2) is 42.5 Å². The lowest BCUT2D eigenvalue weighted by atomic mass is 9.98. The summed E-state index contributed by atoms with van der Waals surface area (Å²) in [7, 11) is -3.41. The van der Waals surface area contributed by atoms with Crippen molar-refractivity contribution in [2.24, 2.45) is 5.92 Å². The second-order valence-electron chi connectivity index (χ2n) is 7.60. The van der Waals surface area contributed by atoms with Crippen LogP contribution in [0, 0.1) is 17.6 Å². The smallest absolute Gasteiger partial charge is 0.233 e. The predicted molar refractivity (Wildman–Crippen MR) is 116 cm³/mol. The molecule has 10 heteroatoms. The van der Waals surface area contributed by atoms with E-state index < -0.39 is 27.6 Å². The van der Waals surface area contributed by atoms with Gasteiger partial charge in [-0.1, -0.05) is 41.7 Å². The number of sulfonamides is 1. The molecule has 1 aromatic heterocycles. The quantitative estimate of drug-likeness (QED) is 0.575. The molecule has 0 bridgehead atoms. The number of hydrogen-bond donors (Lipinski definition) is 0. The zero-order chi connectivity index (χ0) is 22.2. The Morgan fingerprint density at radius 1 is 1.26 bits per heavy atom. The van der Waals surface area contributed by atoms with E-state index in [0.717, 1.165) is 29.2 Å². The molecular weight excluding hydrogens is 444 g/mol. The van der Waals surface area contributed by atoms with E-state index in [0.29, 0.717) is 24.1 Å². The maximum absolute atomic E-state index is 14.2. The highest BCUT2D eigenvalue weighted by Gasteiger charge is 2.34. The van der Waals surface area contributed by atoms with Gasteiger partial charge in [0.25, 0.3) is 0 Å². The second-order valence-corrected chi connectivity index (χ2v) is 10.6. The molecule has 1 atom stereocenters. The third kappa shape index (κ3) is 4.76. The van der Waals surface area contributed by atoms with Gasteiger partial charge in [0.05, 0.1) is 23.4 Å². The number of thiazole rings is 1. The van der Waals surface area contributed by atoms with Crippen molar-refractivity contribution < 1.29 is 22.0 Å². The Morgan fingerprint density at radius 2 is 2.00 bits per heavy atom. The van der Waals surface area contributed by atoms with Crippen LogP contribution in [0.1, 0.15) is 18.4 Å². The van der Waals surface area contributed by atoms with Gasteiger partial charge in [-0.05, 0) is 24.5 Å². The number of amides is 1. The normalized spacial score (nSPS) is 17.7. The van der Waals surface area contributed by atoms with Gasteiger partial charge in [-0.25, -0.2) is 26.5 Å². The first-order valence-electron chi connectivity index (χ1n) is 9.78. The molecule has 1 saturated heterocycles. The molecule has 1 unspecified atom stereocenters. The summed E-state index contributed by atoms with van der Waals surface area (Å²) in [4.78, 5) is 19.2. The van der Waals surface area contributed by atoms with E-state index in [2.05, 4.69) is 4.98 Å². The minimum absolute atomic E-state index is 0.00803. The summed E-state index contributed by atoms with van der Waals surface area (Å²) in [5.41, 5.74) is 0.853. The van der Waals surface area contributed by atoms with Crippen LogP contribution in [0.25, 0.3) is 10.2 Å². The molecule has 6 nitrogen and oxygen atoms in total. The molecular formula is C21H21F2N3O3S2. The molecule has 31 heavy (non-hydrogen) atoms. The fourth-order valence-electron chi connectivity index (χ4n) is 3.73. The monoisotopic (exact) mass is 465 g/mol. The number of carbonyl (C=O) groups excluding carboxylic acids is 1. The summed E-state index contributed by atoms with van der Waals surface area (Å²) in [6.45, 7) is 0.669. The molecule has 0 N–H and O–H groups in total. The van der Waals surface area contributed by atoms with Gasteiger partial charge in [0.2, 0.25) is 15.9 Å². The van der Waals surface area contributed by atoms with Gasteiger partial charge < -0.3 is 0 Å². The van der Waals surface area contributed by atoms with Crippen molar-refractivity contribution in [1.29, 1.82) is 0 Å². The lowest BCUT2D eigenvalue weighted by Gasteiger charge is -2.33. The molecule has 2 aromatic carbocycles. The van der Waals surface area contributed by atoms with Gasteiger partial charge in [0.1, 0.15) is 11.3 Å². The first-order valence-corrected chi connectivity index (χ1v) is 12.4. The number of nitrogens with zero attached hydrogens (tertiary/aromatic N) is 3. The van der Waals surface area contributed by atoms with Crippen molar-refractivity contribution >= 4 is 42.6 Å². The number of anilines is 1. The Labute approximate surface area is 183 Å². The number of halogens is 2. The number of carbonyl (C=O) groups is 1. The highest BCUT2D eigenvalue weighted by atomic mass is 32.2. The maximum atomic E-state index is 14.2. The van der Waals surface area contributed by atoms with Crippen molar-refractivity contribution in [3.63, 3.8) is 0 Å². The van der Waals surface area contributed by atoms with E-state index in [9.17, 15) is 22.0 Å². The predicted octanol–water partition coefficient (Wildman–Crippen LogP) is 3.78. The Hall–Kier alpha value is -2.43. The molecule has 1 amide bonds. The van der Waals surface area contributed by atoms with E-state index in [1.165, 1.54) is 15.3 Å². The highest BCUT2D eigenvalue weighted by Crippen LogP contribution is 2.34. The summed E-state index contributed by atoms with van der Waals surface area (Å²) in [5, 5.41) is 0.254. The minimum Gasteiger partial charge on any atom is -0.283 e. The molecule has 0 spiro atoms. The summed E-state index contributed by atoms with van der Waals surface area (Å²) in [5.74, 6) is -2.32. The molecule has 0 aliphatic carbocycles. The summed E-state index contributed by atoms with van der Waals surface area (Å²) in [6, 6.07) is 11.2. The van der Waals surface area contributed by atoms with Gasteiger partial charge in [0, 0.05) is 19.2 Å². The third-order valence-corrected chi connectivity index (χ3v) is 7.58. The Balaban J connectivity index is 1.71. The van der Waals surface area contributed by atoms with Crippen LogP contribution in [0.3, 0.4) is 0 Å². The molecule has 1 aliphatic rings. The molecule has 0 radical (unpaired) electrons. The number of benzene rings is 2. The molecule has 164 valence electrons. The van der Waals surface area contributed by atoms with Crippen LogP contribution in [-0.2, 0) is 21.4 Å². The van der Waals surface area contributed by atoms with Gasteiger partial charge in [-0.3, -0.25) is 9.69 Å². The Bertz CT molecular complexity index is 1220. The van der Waals surface area contributed by atoms with Crippen LogP contribution in [0.5, 0.6) is 0 Å². The van der Waals surface area contributed by atoms with Gasteiger partial charge in [-0.2, -0.15) is 0 Å². The first-order chi connectivity index (χ1) is 14.7. The van der Waals surface area contributed by atoms with Crippen molar-refractivity contribution in [1.82, 2.24) is 9.29 Å². The molecule has 4 rings (SSSR count). The molecule has 3 aromatic rings. The van der Waals surface area contributed by atoms with E-state index in [1.807, 2.05) is 30.3 Å². The van der Waals surface area contributed by atoms with Crippen LogP contribution >= 0.6 is 11.3 Å². The number of fused-ring (bicyclic) bond motifs is 1. The fraction of sp³-hybridized carbons (Fsp3) is 0.333. The average molecular weight is 466 g/mol. The number of aromatic nitrogens is 1. The number of piperidine rings is 1. The Morgan fingerprint density at radius 3 is 2.71 bits per heavy atom. The summed E-state index contributed by atoms with van der Waals surface area (Å²) >= 11 is 1.03. The van der Waals surface area contributed by atoms with E-state index >= 15 is 0 Å². The molecule has 1 aliphatic heterocycles. The fourth-order valence-corrected chi connectivity index (χ4v) is 5.65. The minimum atomic E-state index is -3.41. The van der Waals surface area contributed by atoms with Crippen LogP contribution in [0.2, 0.25) is 0 Å². The van der Waals surface area contributed by atoms with Crippen molar-refractivity contribution in [2.45, 2.75) is 19.4 Å². The van der Waals surface area contributed by atoms with Crippen molar-refractivity contribution in [2.75, 3.05) is 24.2 Å². The highest BCUT2D eigenvalue weighted by molar-refractivity contribution is 7.88. The summed E-state index contributed by atoms with van der Waals surface area (Å²) in [6.07, 6.45) is 2.25. The maximum Gasteiger partial charge on any atom is 0.233 e.